The van der Waals surface area contributed by atoms with Gasteiger partial charge in [-0.25, -0.2) is 8.42 Å². The Morgan fingerprint density at radius 1 is 1.58 bits per heavy atom. The third-order valence-electron chi connectivity index (χ3n) is 2.35. The topological polar surface area (TPSA) is 92.7 Å². The Morgan fingerprint density at radius 3 is 2.79 bits per heavy atom. The van der Waals surface area contributed by atoms with E-state index in [9.17, 15) is 13.2 Å². The van der Waals surface area contributed by atoms with Gasteiger partial charge in [-0.15, -0.1) is 6.58 Å². The molecule has 0 bridgehead atoms. The van der Waals surface area contributed by atoms with E-state index in [2.05, 4.69) is 11.3 Å². The maximum absolute atomic E-state index is 12.0. The van der Waals surface area contributed by atoms with Crippen molar-refractivity contribution in [2.24, 2.45) is 0 Å². The highest BCUT2D eigenvalue weighted by Gasteiger charge is 2.24. The van der Waals surface area contributed by atoms with Crippen LogP contribution in [0.3, 0.4) is 0 Å². The van der Waals surface area contributed by atoms with Gasteiger partial charge in [-0.05, 0) is 18.6 Å². The zero-order valence-corrected chi connectivity index (χ0v) is 11.2. The van der Waals surface area contributed by atoms with E-state index in [1.54, 1.807) is 6.07 Å². The summed E-state index contributed by atoms with van der Waals surface area (Å²) in [4.78, 5) is 10.9. The first kappa shape index (κ1) is 15.2. The monoisotopic (exact) mass is 285 g/mol. The normalized spacial score (nSPS) is 12.7. The summed E-state index contributed by atoms with van der Waals surface area (Å²) < 4.78 is 31.1. The minimum absolute atomic E-state index is 0.00146. The van der Waals surface area contributed by atoms with Crippen LogP contribution >= 0.6 is 0 Å². The lowest BCUT2D eigenvalue weighted by atomic mass is 10.2. The highest BCUT2D eigenvalue weighted by atomic mass is 32.2. The summed E-state index contributed by atoms with van der Waals surface area (Å²) in [5.74, 6) is -0.884. The van der Waals surface area contributed by atoms with E-state index in [1.807, 2.05) is 0 Å². The average molecular weight is 285 g/mol. The van der Waals surface area contributed by atoms with Gasteiger partial charge in [-0.3, -0.25) is 4.79 Å². The highest BCUT2D eigenvalue weighted by Crippen LogP contribution is 2.17. The van der Waals surface area contributed by atoms with Gasteiger partial charge in [-0.2, -0.15) is 4.72 Å². The maximum Gasteiger partial charge on any atom is 0.322 e. The molecule has 1 rings (SSSR count). The zero-order valence-electron chi connectivity index (χ0n) is 10.4. The summed E-state index contributed by atoms with van der Waals surface area (Å²) in [6.45, 7) is 3.39. The van der Waals surface area contributed by atoms with E-state index >= 15 is 0 Å². The minimum Gasteiger partial charge on any atom is -0.497 e. The van der Waals surface area contributed by atoms with Crippen molar-refractivity contribution in [3.05, 3.63) is 36.9 Å². The molecule has 0 aliphatic heterocycles. The zero-order chi connectivity index (χ0) is 14.5. The Balaban J connectivity index is 3.02. The molecule has 6 nitrogen and oxygen atoms in total. The van der Waals surface area contributed by atoms with Crippen molar-refractivity contribution in [1.82, 2.24) is 4.72 Å². The number of benzene rings is 1. The first-order valence-electron chi connectivity index (χ1n) is 5.41. The lowest BCUT2D eigenvalue weighted by Crippen LogP contribution is -2.40. The molecule has 7 heteroatoms. The first-order valence-corrected chi connectivity index (χ1v) is 6.89. The first-order chi connectivity index (χ1) is 8.90. The number of carbonyl (C=O) groups is 1. The van der Waals surface area contributed by atoms with Gasteiger partial charge < -0.3 is 9.84 Å². The Bertz CT molecular complexity index is 567. The fourth-order valence-electron chi connectivity index (χ4n) is 1.39. The van der Waals surface area contributed by atoms with Crippen LogP contribution in [-0.4, -0.2) is 32.6 Å². The molecule has 1 unspecified atom stereocenters. The van der Waals surface area contributed by atoms with Gasteiger partial charge >= 0.3 is 5.97 Å². The van der Waals surface area contributed by atoms with Gasteiger partial charge in [0.25, 0.3) is 0 Å². The lowest BCUT2D eigenvalue weighted by Gasteiger charge is -2.13. The van der Waals surface area contributed by atoms with Crippen LogP contribution in [0.15, 0.2) is 41.8 Å². The van der Waals surface area contributed by atoms with E-state index in [1.165, 1.54) is 31.4 Å². The molecule has 0 saturated carbocycles. The van der Waals surface area contributed by atoms with Crippen molar-refractivity contribution in [2.45, 2.75) is 17.4 Å². The lowest BCUT2D eigenvalue weighted by molar-refractivity contribution is -0.138. The van der Waals surface area contributed by atoms with Crippen LogP contribution in [0, 0.1) is 0 Å². The van der Waals surface area contributed by atoms with E-state index < -0.39 is 22.0 Å². The number of methoxy groups -OCH3 is 1. The van der Waals surface area contributed by atoms with Crippen LogP contribution in [0.2, 0.25) is 0 Å². The van der Waals surface area contributed by atoms with Crippen molar-refractivity contribution in [3.8, 4) is 5.75 Å². The Kier molecular flexibility index (Phi) is 5.08. The van der Waals surface area contributed by atoms with Crippen LogP contribution in [0.4, 0.5) is 0 Å². The largest absolute Gasteiger partial charge is 0.497 e. The number of carboxylic acids is 1. The van der Waals surface area contributed by atoms with Crippen LogP contribution in [0.5, 0.6) is 5.75 Å². The SMILES string of the molecule is C=CCC(NS(=O)(=O)c1cccc(OC)c1)C(=O)O. The van der Waals surface area contributed by atoms with Crippen LogP contribution in [0.25, 0.3) is 0 Å². The molecule has 2 N–H and O–H groups in total. The molecular weight excluding hydrogens is 270 g/mol. The molecule has 0 aliphatic carbocycles. The highest BCUT2D eigenvalue weighted by molar-refractivity contribution is 7.89. The number of carboxylic acid groups (broad SMARTS) is 1. The number of aliphatic carboxylic acids is 1. The standard InChI is InChI=1S/C12H15NO5S/c1-3-5-11(12(14)15)13-19(16,17)10-7-4-6-9(8-10)18-2/h3-4,6-8,11,13H,1,5H2,2H3,(H,14,15). The average Bonchev–Trinajstić information content (AvgIpc) is 2.38. The minimum atomic E-state index is -3.92. The number of ether oxygens (including phenoxy) is 1. The molecule has 0 amide bonds. The molecular formula is C12H15NO5S. The smallest absolute Gasteiger partial charge is 0.322 e. The van der Waals surface area contributed by atoms with Gasteiger partial charge in [0.2, 0.25) is 10.0 Å². The van der Waals surface area contributed by atoms with Crippen LogP contribution in [-0.2, 0) is 14.8 Å². The second-order valence-corrected chi connectivity index (χ2v) is 5.43. The number of sulfonamides is 1. The third-order valence-corrected chi connectivity index (χ3v) is 3.82. The van der Waals surface area contributed by atoms with E-state index in [0.717, 1.165) is 0 Å². The van der Waals surface area contributed by atoms with Gasteiger partial charge in [0.15, 0.2) is 0 Å². The van der Waals surface area contributed by atoms with Gasteiger partial charge in [0.1, 0.15) is 11.8 Å². The molecule has 1 aromatic carbocycles. The molecule has 0 aromatic heterocycles. The number of hydrogen-bond donors (Lipinski definition) is 2. The predicted molar refractivity (Wildman–Crippen MR) is 69.6 cm³/mol. The molecule has 0 saturated heterocycles. The fraction of sp³-hybridized carbons (Fsp3) is 0.250. The van der Waals surface area contributed by atoms with Crippen molar-refractivity contribution >= 4 is 16.0 Å². The quantitative estimate of drug-likeness (QED) is 0.729. The second kappa shape index (κ2) is 6.35. The van der Waals surface area contributed by atoms with Crippen molar-refractivity contribution in [2.75, 3.05) is 7.11 Å². The summed E-state index contributed by atoms with van der Waals surface area (Å²) in [6.07, 6.45) is 1.34. The summed E-state index contributed by atoms with van der Waals surface area (Å²) in [5.41, 5.74) is 0. The molecule has 104 valence electrons. The summed E-state index contributed by atoms with van der Waals surface area (Å²) >= 11 is 0. The van der Waals surface area contributed by atoms with E-state index in [0.29, 0.717) is 5.75 Å². The van der Waals surface area contributed by atoms with E-state index in [-0.39, 0.29) is 11.3 Å². The predicted octanol–water partition coefficient (Wildman–Crippen LogP) is 1.00. The molecule has 1 aromatic rings. The Morgan fingerprint density at radius 2 is 2.26 bits per heavy atom. The molecule has 19 heavy (non-hydrogen) atoms. The molecule has 0 radical (unpaired) electrons. The number of rotatable bonds is 7. The van der Waals surface area contributed by atoms with Crippen LogP contribution < -0.4 is 9.46 Å². The Labute approximate surface area is 111 Å². The maximum atomic E-state index is 12.0. The Hall–Kier alpha value is -1.86. The van der Waals surface area contributed by atoms with Crippen LogP contribution in [0.1, 0.15) is 6.42 Å². The van der Waals surface area contributed by atoms with Gasteiger partial charge in [0, 0.05) is 6.07 Å². The second-order valence-electron chi connectivity index (χ2n) is 3.72. The molecule has 0 heterocycles. The van der Waals surface area contributed by atoms with E-state index in [4.69, 9.17) is 9.84 Å². The molecule has 1 atom stereocenters. The van der Waals surface area contributed by atoms with Gasteiger partial charge in [-0.1, -0.05) is 12.1 Å². The number of nitrogens with one attached hydrogen (secondary N) is 1. The fourth-order valence-corrected chi connectivity index (χ4v) is 2.63. The molecule has 0 fully saturated rings. The number of hydrogen-bond acceptors (Lipinski definition) is 4. The van der Waals surface area contributed by atoms with Crippen molar-refractivity contribution in [1.29, 1.82) is 0 Å². The third kappa shape index (κ3) is 4.08. The van der Waals surface area contributed by atoms with Gasteiger partial charge in [0.05, 0.1) is 12.0 Å². The summed E-state index contributed by atoms with van der Waals surface area (Å²) in [6, 6.07) is 4.54. The molecule has 0 aliphatic rings. The summed E-state index contributed by atoms with van der Waals surface area (Å²) in [7, 11) is -2.50. The molecule has 0 spiro atoms. The summed E-state index contributed by atoms with van der Waals surface area (Å²) in [5, 5.41) is 8.92. The van der Waals surface area contributed by atoms with Crippen molar-refractivity contribution < 1.29 is 23.1 Å². The van der Waals surface area contributed by atoms with Crippen molar-refractivity contribution in [3.63, 3.8) is 0 Å².